The Balaban J connectivity index is 3.14. The Morgan fingerprint density at radius 3 is 2.64 bits per heavy atom. The summed E-state index contributed by atoms with van der Waals surface area (Å²) in [4.78, 5) is 12.2. The molecule has 0 fully saturated rings. The summed E-state index contributed by atoms with van der Waals surface area (Å²) >= 11 is 3.28. The molecule has 22 heavy (non-hydrogen) atoms. The summed E-state index contributed by atoms with van der Waals surface area (Å²) < 4.78 is 6.01. The molecule has 0 unspecified atom stereocenters. The highest BCUT2D eigenvalue weighted by Crippen LogP contribution is 2.24. The van der Waals surface area contributed by atoms with Gasteiger partial charge in [-0.3, -0.25) is 10.8 Å². The zero-order valence-electron chi connectivity index (χ0n) is 12.4. The van der Waals surface area contributed by atoms with E-state index in [1.165, 1.54) is 0 Å². The van der Waals surface area contributed by atoms with E-state index in [1.54, 1.807) is 45.0 Å². The summed E-state index contributed by atoms with van der Waals surface area (Å²) in [6.45, 7) is 5.28. The second-order valence-electron chi connectivity index (χ2n) is 5.29. The van der Waals surface area contributed by atoms with Crippen LogP contribution in [-0.4, -0.2) is 23.1 Å². The van der Waals surface area contributed by atoms with Crippen LogP contribution in [0.2, 0.25) is 0 Å². The number of amidine groups is 1. The van der Waals surface area contributed by atoms with E-state index in [0.29, 0.717) is 10.2 Å². The second kappa shape index (κ2) is 7.04. The highest BCUT2D eigenvalue weighted by atomic mass is 79.9. The van der Waals surface area contributed by atoms with E-state index in [4.69, 9.17) is 21.1 Å². The van der Waals surface area contributed by atoms with Crippen LogP contribution in [0.4, 0.5) is 5.69 Å². The van der Waals surface area contributed by atoms with Gasteiger partial charge in [0.05, 0.1) is 11.3 Å². The Kier molecular flexibility index (Phi) is 5.65. The molecular formula is C14H16BrN5O2. The first-order valence-electron chi connectivity index (χ1n) is 6.25. The highest BCUT2D eigenvalue weighted by molar-refractivity contribution is 9.10. The SMILES string of the molecule is CC(C)(C)OC(=O)c1cc(Br)ccc1N/N=C(\C#N)C(=N)N. The predicted molar refractivity (Wildman–Crippen MR) is 87.9 cm³/mol. The van der Waals surface area contributed by atoms with E-state index in [1.807, 2.05) is 0 Å². The van der Waals surface area contributed by atoms with Crippen LogP contribution in [0.15, 0.2) is 27.8 Å². The number of hydrogen-bond acceptors (Lipinski definition) is 6. The van der Waals surface area contributed by atoms with Gasteiger partial charge in [-0.15, -0.1) is 0 Å². The molecule has 7 nitrogen and oxygen atoms in total. The lowest BCUT2D eigenvalue weighted by Crippen LogP contribution is -2.25. The van der Waals surface area contributed by atoms with Gasteiger partial charge in [-0.25, -0.2) is 4.79 Å². The monoisotopic (exact) mass is 365 g/mol. The van der Waals surface area contributed by atoms with Crippen molar-refractivity contribution in [3.8, 4) is 6.07 Å². The first-order chi connectivity index (χ1) is 10.1. The Bertz CT molecular complexity index is 671. The molecule has 0 radical (unpaired) electrons. The number of carbonyl (C=O) groups is 1. The molecule has 0 bridgehead atoms. The van der Waals surface area contributed by atoms with Crippen LogP contribution >= 0.6 is 15.9 Å². The highest BCUT2D eigenvalue weighted by Gasteiger charge is 2.20. The smallest absolute Gasteiger partial charge is 0.340 e. The van der Waals surface area contributed by atoms with Crippen molar-refractivity contribution in [2.75, 3.05) is 5.43 Å². The average molecular weight is 366 g/mol. The van der Waals surface area contributed by atoms with Gasteiger partial charge in [-0.1, -0.05) is 15.9 Å². The van der Waals surface area contributed by atoms with E-state index in [-0.39, 0.29) is 11.3 Å². The lowest BCUT2D eigenvalue weighted by Gasteiger charge is -2.20. The summed E-state index contributed by atoms with van der Waals surface area (Å²) in [6.07, 6.45) is 0. The topological polar surface area (TPSA) is 124 Å². The first-order valence-corrected chi connectivity index (χ1v) is 7.04. The number of hydrazone groups is 1. The standard InChI is InChI=1S/C14H16BrN5O2/c1-14(2,3)22-13(21)9-6-8(15)4-5-10(9)19-20-11(7-16)12(17)18/h4-6,19H,1-3H3,(H3,17,18)/b20-11+. The van der Waals surface area contributed by atoms with Gasteiger partial charge in [0.1, 0.15) is 11.7 Å². The van der Waals surface area contributed by atoms with Crippen molar-refractivity contribution in [3.63, 3.8) is 0 Å². The van der Waals surface area contributed by atoms with Gasteiger partial charge in [-0.05, 0) is 39.0 Å². The maximum absolute atomic E-state index is 12.2. The van der Waals surface area contributed by atoms with Crippen LogP contribution in [0, 0.1) is 16.7 Å². The molecule has 0 saturated carbocycles. The van der Waals surface area contributed by atoms with Crippen molar-refractivity contribution in [2.45, 2.75) is 26.4 Å². The third kappa shape index (κ3) is 5.18. The molecule has 8 heteroatoms. The molecule has 0 atom stereocenters. The Morgan fingerprint density at radius 1 is 1.50 bits per heavy atom. The van der Waals surface area contributed by atoms with Crippen LogP contribution in [-0.2, 0) is 4.74 Å². The van der Waals surface area contributed by atoms with E-state index >= 15 is 0 Å². The molecule has 0 aliphatic heterocycles. The quantitative estimate of drug-likeness (QED) is 0.327. The van der Waals surface area contributed by atoms with Crippen LogP contribution in [0.1, 0.15) is 31.1 Å². The number of nitriles is 1. The number of anilines is 1. The van der Waals surface area contributed by atoms with E-state index in [0.717, 1.165) is 0 Å². The van der Waals surface area contributed by atoms with Crippen molar-refractivity contribution < 1.29 is 9.53 Å². The number of halogens is 1. The summed E-state index contributed by atoms with van der Waals surface area (Å²) in [5.41, 5.74) is 7.43. The predicted octanol–water partition coefficient (Wildman–Crippen LogP) is 2.63. The van der Waals surface area contributed by atoms with Gasteiger partial charge in [0.2, 0.25) is 5.71 Å². The Hall–Kier alpha value is -2.40. The molecule has 0 aliphatic carbocycles. The number of esters is 1. The third-order valence-corrected chi connectivity index (χ3v) is 2.74. The Labute approximate surface area is 136 Å². The van der Waals surface area contributed by atoms with E-state index in [2.05, 4.69) is 26.5 Å². The molecule has 1 aromatic carbocycles. The van der Waals surface area contributed by atoms with Crippen molar-refractivity contribution in [1.29, 1.82) is 10.7 Å². The summed E-state index contributed by atoms with van der Waals surface area (Å²) in [7, 11) is 0. The average Bonchev–Trinajstić information content (AvgIpc) is 2.38. The minimum absolute atomic E-state index is 0.244. The molecule has 0 aromatic heterocycles. The fourth-order valence-corrected chi connectivity index (χ4v) is 1.74. The largest absolute Gasteiger partial charge is 0.456 e. The van der Waals surface area contributed by atoms with E-state index in [9.17, 15) is 4.79 Å². The number of carbonyl (C=O) groups excluding carboxylic acids is 1. The van der Waals surface area contributed by atoms with Gasteiger partial charge in [0.15, 0.2) is 5.84 Å². The molecule has 0 spiro atoms. The summed E-state index contributed by atoms with van der Waals surface area (Å²) in [5.74, 6) is -1.00. The zero-order chi connectivity index (χ0) is 16.9. The van der Waals surface area contributed by atoms with Crippen LogP contribution < -0.4 is 11.2 Å². The van der Waals surface area contributed by atoms with Crippen molar-refractivity contribution in [3.05, 3.63) is 28.2 Å². The van der Waals surface area contributed by atoms with Gasteiger partial charge in [-0.2, -0.15) is 10.4 Å². The van der Waals surface area contributed by atoms with Gasteiger partial charge < -0.3 is 10.5 Å². The first kappa shape index (κ1) is 17.7. The van der Waals surface area contributed by atoms with Gasteiger partial charge >= 0.3 is 5.97 Å². The molecule has 1 aromatic rings. The number of hydrogen-bond donors (Lipinski definition) is 3. The number of benzene rings is 1. The lowest BCUT2D eigenvalue weighted by atomic mass is 10.1. The molecule has 4 N–H and O–H groups in total. The molecule has 0 heterocycles. The fourth-order valence-electron chi connectivity index (χ4n) is 1.38. The van der Waals surface area contributed by atoms with E-state index < -0.39 is 17.4 Å². The van der Waals surface area contributed by atoms with Crippen molar-refractivity contribution >= 4 is 39.1 Å². The number of nitrogens with zero attached hydrogens (tertiary/aromatic N) is 2. The lowest BCUT2D eigenvalue weighted by molar-refractivity contribution is 0.00706. The molecule has 1 rings (SSSR count). The maximum Gasteiger partial charge on any atom is 0.340 e. The molecule has 0 aliphatic rings. The van der Waals surface area contributed by atoms with Crippen LogP contribution in [0.25, 0.3) is 0 Å². The number of nitrogens with two attached hydrogens (primary N) is 1. The summed E-state index contributed by atoms with van der Waals surface area (Å²) in [6, 6.07) is 6.56. The molecule has 116 valence electrons. The minimum Gasteiger partial charge on any atom is -0.456 e. The molecule has 0 amide bonds. The molecular weight excluding hydrogens is 350 g/mol. The number of nitrogens with one attached hydrogen (secondary N) is 2. The van der Waals surface area contributed by atoms with Crippen LogP contribution in [0.3, 0.4) is 0 Å². The Morgan fingerprint density at radius 2 is 2.14 bits per heavy atom. The molecule has 0 saturated heterocycles. The van der Waals surface area contributed by atoms with Crippen LogP contribution in [0.5, 0.6) is 0 Å². The fraction of sp³-hybridized carbons (Fsp3) is 0.286. The van der Waals surface area contributed by atoms with Gasteiger partial charge in [0.25, 0.3) is 0 Å². The van der Waals surface area contributed by atoms with Crippen molar-refractivity contribution in [2.24, 2.45) is 10.8 Å². The third-order valence-electron chi connectivity index (χ3n) is 2.25. The van der Waals surface area contributed by atoms with Gasteiger partial charge in [0, 0.05) is 4.47 Å². The van der Waals surface area contributed by atoms with Crippen molar-refractivity contribution in [1.82, 2.24) is 0 Å². The maximum atomic E-state index is 12.2. The normalized spacial score (nSPS) is 11.5. The summed E-state index contributed by atoms with van der Waals surface area (Å²) in [5, 5.41) is 19.7. The number of rotatable bonds is 4. The zero-order valence-corrected chi connectivity index (χ0v) is 14.0. The number of ether oxygens (including phenoxy) is 1. The minimum atomic E-state index is -0.642. The second-order valence-corrected chi connectivity index (χ2v) is 6.21.